The smallest absolute Gasteiger partial charge is 0.338 e. The molecule has 3 nitrogen and oxygen atoms in total. The molecule has 0 atom stereocenters. The van der Waals surface area contributed by atoms with Gasteiger partial charge in [0.05, 0.1) is 12.2 Å². The van der Waals surface area contributed by atoms with E-state index in [1.165, 1.54) is 12.0 Å². The number of benzene rings is 1. The summed E-state index contributed by atoms with van der Waals surface area (Å²) in [6, 6.07) is 7.72. The summed E-state index contributed by atoms with van der Waals surface area (Å²) in [5.41, 5.74) is 1.83. The van der Waals surface area contributed by atoms with Crippen LogP contribution in [-0.4, -0.2) is 25.8 Å². The van der Waals surface area contributed by atoms with E-state index in [0.717, 1.165) is 32.3 Å². The second kappa shape index (κ2) is 11.2. The van der Waals surface area contributed by atoms with Crippen molar-refractivity contribution >= 4 is 5.97 Å². The van der Waals surface area contributed by atoms with Crippen molar-refractivity contribution in [1.82, 2.24) is 0 Å². The minimum absolute atomic E-state index is 0.260. The summed E-state index contributed by atoms with van der Waals surface area (Å²) in [5.74, 6) is 0.450. The van der Waals surface area contributed by atoms with E-state index >= 15 is 0 Å². The van der Waals surface area contributed by atoms with Gasteiger partial charge in [-0.1, -0.05) is 39.3 Å². The number of aryl methyl sites for hydroxylation is 1. The summed E-state index contributed by atoms with van der Waals surface area (Å²) >= 11 is 0. The lowest BCUT2D eigenvalue weighted by Gasteiger charge is -2.08. The summed E-state index contributed by atoms with van der Waals surface area (Å²) in [6.45, 7) is 8.10. The third-order valence-electron chi connectivity index (χ3n) is 3.51. The summed E-state index contributed by atoms with van der Waals surface area (Å²) < 4.78 is 10.7. The molecule has 0 aliphatic rings. The second-order valence-electron chi connectivity index (χ2n) is 6.09. The van der Waals surface area contributed by atoms with Gasteiger partial charge >= 0.3 is 5.97 Å². The molecule has 22 heavy (non-hydrogen) atoms. The molecule has 0 saturated heterocycles. The molecule has 0 aliphatic carbocycles. The Morgan fingerprint density at radius 2 is 1.95 bits per heavy atom. The zero-order valence-corrected chi connectivity index (χ0v) is 14.3. The molecule has 0 aromatic heterocycles. The Morgan fingerprint density at radius 3 is 2.68 bits per heavy atom. The molecule has 124 valence electrons. The summed E-state index contributed by atoms with van der Waals surface area (Å²) in [7, 11) is 0. The van der Waals surface area contributed by atoms with Gasteiger partial charge < -0.3 is 9.47 Å². The molecular formula is C19H30O3. The first-order valence-electron chi connectivity index (χ1n) is 8.47. The van der Waals surface area contributed by atoms with Gasteiger partial charge in [-0.2, -0.15) is 0 Å². The van der Waals surface area contributed by atoms with Crippen LogP contribution in [0, 0.1) is 5.92 Å². The van der Waals surface area contributed by atoms with Crippen molar-refractivity contribution in [2.75, 3.05) is 19.8 Å². The largest absolute Gasteiger partial charge is 0.460 e. The topological polar surface area (TPSA) is 35.5 Å². The van der Waals surface area contributed by atoms with E-state index < -0.39 is 0 Å². The van der Waals surface area contributed by atoms with Crippen molar-refractivity contribution in [3.63, 3.8) is 0 Å². The average molecular weight is 306 g/mol. The van der Waals surface area contributed by atoms with Crippen LogP contribution in [0.4, 0.5) is 0 Å². The molecule has 0 amide bonds. The Labute approximate surface area is 135 Å². The maximum Gasteiger partial charge on any atom is 0.338 e. The molecule has 1 rings (SSSR count). The number of hydrogen-bond acceptors (Lipinski definition) is 3. The SMILES string of the molecule is CCCCc1cccc(C(=O)OCCOCCCC(C)C)c1. The average Bonchev–Trinajstić information content (AvgIpc) is 2.51. The fourth-order valence-electron chi connectivity index (χ4n) is 2.21. The molecule has 0 spiro atoms. The lowest BCUT2D eigenvalue weighted by atomic mass is 10.1. The standard InChI is InChI=1S/C19H30O3/c1-4-5-9-17-10-6-11-18(15-17)19(20)22-14-13-21-12-7-8-16(2)3/h6,10-11,15-16H,4-5,7-9,12-14H2,1-3H3. The van der Waals surface area contributed by atoms with Gasteiger partial charge in [0.1, 0.15) is 6.61 Å². The van der Waals surface area contributed by atoms with Gasteiger partial charge in [0.2, 0.25) is 0 Å². The minimum Gasteiger partial charge on any atom is -0.460 e. The van der Waals surface area contributed by atoms with Crippen molar-refractivity contribution in [2.45, 2.75) is 52.9 Å². The molecule has 0 aliphatic heterocycles. The Hall–Kier alpha value is -1.35. The monoisotopic (exact) mass is 306 g/mol. The molecule has 0 fully saturated rings. The third-order valence-corrected chi connectivity index (χ3v) is 3.51. The van der Waals surface area contributed by atoms with E-state index in [4.69, 9.17) is 9.47 Å². The number of hydrogen-bond donors (Lipinski definition) is 0. The molecule has 0 heterocycles. The van der Waals surface area contributed by atoms with Crippen molar-refractivity contribution in [3.8, 4) is 0 Å². The molecule has 0 radical (unpaired) electrons. The van der Waals surface area contributed by atoms with E-state index in [-0.39, 0.29) is 5.97 Å². The highest BCUT2D eigenvalue weighted by molar-refractivity contribution is 5.89. The quantitative estimate of drug-likeness (QED) is 0.441. The molecule has 1 aromatic rings. The van der Waals surface area contributed by atoms with Gasteiger partial charge in [-0.3, -0.25) is 0 Å². The Morgan fingerprint density at radius 1 is 1.14 bits per heavy atom. The van der Waals surface area contributed by atoms with Crippen molar-refractivity contribution in [1.29, 1.82) is 0 Å². The van der Waals surface area contributed by atoms with Crippen LogP contribution >= 0.6 is 0 Å². The van der Waals surface area contributed by atoms with E-state index in [9.17, 15) is 4.79 Å². The van der Waals surface area contributed by atoms with Gasteiger partial charge in [-0.25, -0.2) is 4.79 Å². The van der Waals surface area contributed by atoms with Crippen LogP contribution < -0.4 is 0 Å². The van der Waals surface area contributed by atoms with E-state index in [1.54, 1.807) is 6.07 Å². The van der Waals surface area contributed by atoms with Crippen LogP contribution in [0.15, 0.2) is 24.3 Å². The molecule has 3 heteroatoms. The van der Waals surface area contributed by atoms with Gasteiger partial charge in [0.15, 0.2) is 0 Å². The minimum atomic E-state index is -0.260. The highest BCUT2D eigenvalue weighted by atomic mass is 16.6. The number of carbonyl (C=O) groups is 1. The first-order chi connectivity index (χ1) is 10.6. The van der Waals surface area contributed by atoms with Crippen LogP contribution in [-0.2, 0) is 15.9 Å². The lowest BCUT2D eigenvalue weighted by Crippen LogP contribution is -2.11. The summed E-state index contributed by atoms with van der Waals surface area (Å²) in [4.78, 5) is 12.0. The first-order valence-corrected chi connectivity index (χ1v) is 8.47. The molecule has 0 saturated carbocycles. The van der Waals surface area contributed by atoms with Crippen LogP contribution in [0.25, 0.3) is 0 Å². The number of rotatable bonds is 11. The molecule has 0 N–H and O–H groups in total. The zero-order chi connectivity index (χ0) is 16.2. The maximum atomic E-state index is 12.0. The lowest BCUT2D eigenvalue weighted by molar-refractivity contribution is 0.0310. The van der Waals surface area contributed by atoms with Crippen molar-refractivity contribution in [2.24, 2.45) is 5.92 Å². The van der Waals surface area contributed by atoms with Crippen LogP contribution in [0.2, 0.25) is 0 Å². The number of unbranched alkanes of at least 4 members (excludes halogenated alkanes) is 1. The zero-order valence-electron chi connectivity index (χ0n) is 14.3. The van der Waals surface area contributed by atoms with Crippen LogP contribution in [0.1, 0.15) is 62.4 Å². The number of carbonyl (C=O) groups excluding carboxylic acids is 1. The molecule has 1 aromatic carbocycles. The number of esters is 1. The van der Waals surface area contributed by atoms with Gasteiger partial charge in [0.25, 0.3) is 0 Å². The normalized spacial score (nSPS) is 10.9. The highest BCUT2D eigenvalue weighted by Gasteiger charge is 2.07. The van der Waals surface area contributed by atoms with E-state index in [2.05, 4.69) is 26.8 Å². The Balaban J connectivity index is 2.22. The first kappa shape index (κ1) is 18.7. The Bertz CT molecular complexity index is 426. The predicted octanol–water partition coefficient (Wildman–Crippen LogP) is 4.64. The van der Waals surface area contributed by atoms with Gasteiger partial charge in [-0.05, 0) is 49.3 Å². The fourth-order valence-corrected chi connectivity index (χ4v) is 2.21. The molecule has 0 bridgehead atoms. The van der Waals surface area contributed by atoms with Gasteiger partial charge in [0, 0.05) is 6.61 Å². The van der Waals surface area contributed by atoms with E-state index in [1.807, 2.05) is 12.1 Å². The summed E-state index contributed by atoms with van der Waals surface area (Å²) in [6.07, 6.45) is 5.54. The van der Waals surface area contributed by atoms with Crippen molar-refractivity contribution < 1.29 is 14.3 Å². The Kier molecular flexibility index (Phi) is 9.56. The van der Waals surface area contributed by atoms with Crippen LogP contribution in [0.5, 0.6) is 0 Å². The maximum absolute atomic E-state index is 12.0. The second-order valence-corrected chi connectivity index (χ2v) is 6.09. The number of ether oxygens (including phenoxy) is 2. The summed E-state index contributed by atoms with van der Waals surface area (Å²) in [5, 5.41) is 0. The van der Waals surface area contributed by atoms with Crippen molar-refractivity contribution in [3.05, 3.63) is 35.4 Å². The third kappa shape index (κ3) is 8.18. The predicted molar refractivity (Wildman–Crippen MR) is 90.2 cm³/mol. The molecule has 0 unspecified atom stereocenters. The fraction of sp³-hybridized carbons (Fsp3) is 0.632. The van der Waals surface area contributed by atoms with E-state index in [0.29, 0.717) is 24.7 Å². The van der Waals surface area contributed by atoms with Crippen LogP contribution in [0.3, 0.4) is 0 Å². The molecular weight excluding hydrogens is 276 g/mol. The highest BCUT2D eigenvalue weighted by Crippen LogP contribution is 2.10. The van der Waals surface area contributed by atoms with Gasteiger partial charge in [-0.15, -0.1) is 0 Å².